The van der Waals surface area contributed by atoms with E-state index in [1.165, 1.54) is 0 Å². The van der Waals surface area contributed by atoms with Crippen LogP contribution in [0.2, 0.25) is 0 Å². The molecule has 7 nitrogen and oxygen atoms in total. The number of piperazine rings is 1. The number of benzene rings is 1. The molecule has 0 unspecified atom stereocenters. The molecule has 0 aliphatic carbocycles. The van der Waals surface area contributed by atoms with Crippen LogP contribution in [0.4, 0.5) is 5.82 Å². The third kappa shape index (κ3) is 4.30. The number of para-hydroxylation sites is 1. The second kappa shape index (κ2) is 8.53. The zero-order valence-corrected chi connectivity index (χ0v) is 14.7. The van der Waals surface area contributed by atoms with E-state index in [1.807, 2.05) is 18.2 Å². The lowest BCUT2D eigenvalue weighted by Crippen LogP contribution is -2.43. The Balaban J connectivity index is 1.61. The molecule has 7 heteroatoms. The Morgan fingerprint density at radius 3 is 2.72 bits per heavy atom. The molecule has 2 aromatic rings. The molecule has 0 amide bonds. The van der Waals surface area contributed by atoms with Crippen molar-refractivity contribution in [3.05, 3.63) is 36.2 Å². The average Bonchev–Trinajstić information content (AvgIpc) is 2.68. The third-order valence-electron chi connectivity index (χ3n) is 4.15. The van der Waals surface area contributed by atoms with Gasteiger partial charge in [-0.3, -0.25) is 4.98 Å². The minimum absolute atomic E-state index is 0.489. The number of hydrogen-bond donors (Lipinski definition) is 1. The Bertz CT molecular complexity index is 690. The van der Waals surface area contributed by atoms with Crippen LogP contribution < -0.4 is 24.4 Å². The minimum Gasteiger partial charge on any atom is -0.493 e. The molecule has 25 heavy (non-hydrogen) atoms. The lowest BCUT2D eigenvalue weighted by Gasteiger charge is -2.28. The van der Waals surface area contributed by atoms with Crippen molar-refractivity contribution in [3.63, 3.8) is 0 Å². The molecule has 0 spiro atoms. The molecule has 1 aliphatic heterocycles. The number of rotatable bonds is 7. The van der Waals surface area contributed by atoms with Crippen molar-refractivity contribution in [2.45, 2.75) is 6.42 Å². The summed E-state index contributed by atoms with van der Waals surface area (Å²) in [5.41, 5.74) is 1.04. The number of aromatic nitrogens is 2. The summed E-state index contributed by atoms with van der Waals surface area (Å²) in [7, 11) is 3.28. The van der Waals surface area contributed by atoms with Gasteiger partial charge in [0.15, 0.2) is 17.3 Å². The van der Waals surface area contributed by atoms with Crippen LogP contribution in [0.3, 0.4) is 0 Å². The van der Waals surface area contributed by atoms with Crippen molar-refractivity contribution >= 4 is 5.82 Å². The van der Waals surface area contributed by atoms with Gasteiger partial charge in [-0.1, -0.05) is 12.1 Å². The van der Waals surface area contributed by atoms with Crippen LogP contribution in [-0.2, 0) is 6.42 Å². The molecule has 2 heterocycles. The Morgan fingerprint density at radius 1 is 1.12 bits per heavy atom. The molecule has 0 saturated carbocycles. The molecule has 1 saturated heterocycles. The van der Waals surface area contributed by atoms with Crippen molar-refractivity contribution in [2.24, 2.45) is 0 Å². The quantitative estimate of drug-likeness (QED) is 0.817. The molecule has 134 valence electrons. The second-order valence-electron chi connectivity index (χ2n) is 5.70. The van der Waals surface area contributed by atoms with Gasteiger partial charge in [-0.25, -0.2) is 0 Å². The first-order valence-corrected chi connectivity index (χ1v) is 8.42. The van der Waals surface area contributed by atoms with Crippen molar-refractivity contribution in [1.29, 1.82) is 0 Å². The SMILES string of the molecule is COc1cccc(CCOc2cncc(N3CCNCC3)n2)c1OC. The lowest BCUT2D eigenvalue weighted by atomic mass is 10.1. The summed E-state index contributed by atoms with van der Waals surface area (Å²) in [6, 6.07) is 5.83. The van der Waals surface area contributed by atoms with Gasteiger partial charge in [0.05, 0.1) is 33.2 Å². The maximum absolute atomic E-state index is 5.80. The summed E-state index contributed by atoms with van der Waals surface area (Å²) in [4.78, 5) is 11.0. The number of methoxy groups -OCH3 is 2. The molecular formula is C18H24N4O3. The smallest absolute Gasteiger partial charge is 0.234 e. The first kappa shape index (κ1) is 17.3. The van der Waals surface area contributed by atoms with E-state index >= 15 is 0 Å². The molecule has 0 radical (unpaired) electrons. The fourth-order valence-electron chi connectivity index (χ4n) is 2.87. The maximum atomic E-state index is 5.80. The van der Waals surface area contributed by atoms with Gasteiger partial charge in [0.1, 0.15) is 0 Å². The fraction of sp³-hybridized carbons (Fsp3) is 0.444. The normalized spacial score (nSPS) is 14.2. The first-order valence-electron chi connectivity index (χ1n) is 8.42. The summed E-state index contributed by atoms with van der Waals surface area (Å²) in [5.74, 6) is 2.87. The van der Waals surface area contributed by atoms with E-state index in [2.05, 4.69) is 20.2 Å². The van der Waals surface area contributed by atoms with E-state index in [4.69, 9.17) is 14.2 Å². The van der Waals surface area contributed by atoms with Crippen molar-refractivity contribution in [3.8, 4) is 17.4 Å². The highest BCUT2D eigenvalue weighted by atomic mass is 16.5. The van der Waals surface area contributed by atoms with Gasteiger partial charge in [-0.05, 0) is 6.07 Å². The molecule has 1 aromatic heterocycles. The van der Waals surface area contributed by atoms with Crippen LogP contribution in [0, 0.1) is 0 Å². The average molecular weight is 344 g/mol. The number of anilines is 1. The topological polar surface area (TPSA) is 68.7 Å². The first-order chi connectivity index (χ1) is 12.3. The van der Waals surface area contributed by atoms with Gasteiger partial charge < -0.3 is 24.4 Å². The summed E-state index contributed by atoms with van der Waals surface area (Å²) >= 11 is 0. The van der Waals surface area contributed by atoms with Crippen LogP contribution in [0.1, 0.15) is 5.56 Å². The lowest BCUT2D eigenvalue weighted by molar-refractivity contribution is 0.303. The number of nitrogens with zero attached hydrogens (tertiary/aromatic N) is 3. The minimum atomic E-state index is 0.489. The molecule has 0 bridgehead atoms. The summed E-state index contributed by atoms with van der Waals surface area (Å²) in [5, 5.41) is 3.33. The highest BCUT2D eigenvalue weighted by molar-refractivity contribution is 5.46. The van der Waals surface area contributed by atoms with E-state index < -0.39 is 0 Å². The van der Waals surface area contributed by atoms with Crippen LogP contribution >= 0.6 is 0 Å². The monoisotopic (exact) mass is 344 g/mol. The fourth-order valence-corrected chi connectivity index (χ4v) is 2.87. The van der Waals surface area contributed by atoms with Gasteiger partial charge in [-0.2, -0.15) is 4.98 Å². The molecule has 1 aliphatic rings. The largest absolute Gasteiger partial charge is 0.493 e. The number of nitrogens with one attached hydrogen (secondary N) is 1. The molecule has 1 N–H and O–H groups in total. The molecule has 0 atom stereocenters. The Kier molecular flexibility index (Phi) is 5.90. The van der Waals surface area contributed by atoms with Crippen LogP contribution in [0.15, 0.2) is 30.6 Å². The van der Waals surface area contributed by atoms with Crippen LogP contribution in [0.5, 0.6) is 17.4 Å². The predicted octanol–water partition coefficient (Wildman–Crippen LogP) is 1.52. The van der Waals surface area contributed by atoms with Crippen molar-refractivity contribution < 1.29 is 14.2 Å². The summed E-state index contributed by atoms with van der Waals surface area (Å²) in [6.45, 7) is 4.27. The zero-order chi connectivity index (χ0) is 17.5. The van der Waals surface area contributed by atoms with Gasteiger partial charge in [-0.15, -0.1) is 0 Å². The summed E-state index contributed by atoms with van der Waals surface area (Å²) < 4.78 is 16.6. The maximum Gasteiger partial charge on any atom is 0.234 e. The second-order valence-corrected chi connectivity index (χ2v) is 5.70. The highest BCUT2D eigenvalue weighted by Crippen LogP contribution is 2.31. The van der Waals surface area contributed by atoms with Crippen LogP contribution in [-0.4, -0.2) is 57.0 Å². The van der Waals surface area contributed by atoms with Gasteiger partial charge in [0.2, 0.25) is 5.88 Å². The van der Waals surface area contributed by atoms with E-state index in [9.17, 15) is 0 Å². The van der Waals surface area contributed by atoms with Crippen molar-refractivity contribution in [1.82, 2.24) is 15.3 Å². The van der Waals surface area contributed by atoms with Gasteiger partial charge >= 0.3 is 0 Å². The van der Waals surface area contributed by atoms with E-state index in [0.29, 0.717) is 18.9 Å². The van der Waals surface area contributed by atoms with E-state index in [1.54, 1.807) is 26.6 Å². The van der Waals surface area contributed by atoms with E-state index in [-0.39, 0.29) is 0 Å². The zero-order valence-electron chi connectivity index (χ0n) is 14.7. The van der Waals surface area contributed by atoms with Gasteiger partial charge in [0.25, 0.3) is 0 Å². The standard InChI is InChI=1S/C18H24N4O3/c1-23-15-5-3-4-14(18(15)24-2)6-11-25-17-13-20-12-16(21-17)22-9-7-19-8-10-22/h3-5,12-13,19H,6-11H2,1-2H3. The summed E-state index contributed by atoms with van der Waals surface area (Å²) in [6.07, 6.45) is 4.12. The predicted molar refractivity (Wildman–Crippen MR) is 95.9 cm³/mol. The van der Waals surface area contributed by atoms with Crippen molar-refractivity contribution in [2.75, 3.05) is 51.9 Å². The highest BCUT2D eigenvalue weighted by Gasteiger charge is 2.13. The van der Waals surface area contributed by atoms with Crippen LogP contribution in [0.25, 0.3) is 0 Å². The molecule has 1 aromatic carbocycles. The number of ether oxygens (including phenoxy) is 3. The molecular weight excluding hydrogens is 320 g/mol. The Labute approximate surface area is 147 Å². The Morgan fingerprint density at radius 2 is 1.96 bits per heavy atom. The van der Waals surface area contributed by atoms with Gasteiger partial charge in [0, 0.05) is 38.2 Å². The van der Waals surface area contributed by atoms with E-state index in [0.717, 1.165) is 49.1 Å². The molecule has 3 rings (SSSR count). The number of hydrogen-bond acceptors (Lipinski definition) is 7. The Hall–Kier alpha value is -2.54. The third-order valence-corrected chi connectivity index (χ3v) is 4.15. The molecule has 1 fully saturated rings.